The van der Waals surface area contributed by atoms with Crippen molar-refractivity contribution in [1.82, 2.24) is 4.98 Å². The fourth-order valence-electron chi connectivity index (χ4n) is 1.56. The lowest BCUT2D eigenvalue weighted by molar-refractivity contribution is 0.103. The van der Waals surface area contributed by atoms with E-state index in [4.69, 9.17) is 0 Å². The van der Waals surface area contributed by atoms with E-state index in [0.717, 1.165) is 11.4 Å². The van der Waals surface area contributed by atoms with Crippen molar-refractivity contribution >= 4 is 11.5 Å². The number of anilines is 1. The van der Waals surface area contributed by atoms with Gasteiger partial charge in [0, 0.05) is 13.2 Å². The zero-order chi connectivity index (χ0) is 9.59. The van der Waals surface area contributed by atoms with Crippen molar-refractivity contribution in [2.45, 2.75) is 6.92 Å². The Morgan fingerprint density at radius 3 is 2.85 bits per heavy atom. The lowest BCUT2D eigenvalue weighted by Gasteiger charge is -2.11. The van der Waals surface area contributed by atoms with E-state index >= 15 is 0 Å². The van der Waals surface area contributed by atoms with E-state index in [2.05, 4.69) is 11.6 Å². The van der Waals surface area contributed by atoms with Crippen molar-refractivity contribution in [2.24, 2.45) is 0 Å². The zero-order valence-electron chi connectivity index (χ0n) is 7.66. The summed E-state index contributed by atoms with van der Waals surface area (Å²) in [5, 5.41) is 0. The molecule has 1 aliphatic heterocycles. The Bertz CT molecular complexity index is 409. The first-order valence-corrected chi connectivity index (χ1v) is 4.06. The van der Waals surface area contributed by atoms with Crippen LogP contribution in [0, 0.1) is 6.92 Å². The predicted molar refractivity (Wildman–Crippen MR) is 50.8 cm³/mol. The van der Waals surface area contributed by atoms with E-state index in [9.17, 15) is 4.79 Å². The largest absolute Gasteiger partial charge is 0.341 e. The SMILES string of the molecule is C=C1C(=O)c2c(ccnc2C)N1C. The standard InChI is InChI=1S/C10H10N2O/c1-6-9-8(4-5-11-6)12(3)7(2)10(9)13/h4-5H,2H2,1,3H3. The van der Waals surface area contributed by atoms with Crippen molar-refractivity contribution in [3.8, 4) is 0 Å². The van der Waals surface area contributed by atoms with Crippen LogP contribution in [0.5, 0.6) is 0 Å². The van der Waals surface area contributed by atoms with Crippen LogP contribution in [-0.2, 0) is 0 Å². The molecule has 0 aromatic carbocycles. The minimum Gasteiger partial charge on any atom is -0.341 e. The van der Waals surface area contributed by atoms with E-state index in [1.54, 1.807) is 11.1 Å². The number of likely N-dealkylation sites (N-methyl/N-ethyl adjacent to an activating group) is 1. The third kappa shape index (κ3) is 0.900. The van der Waals surface area contributed by atoms with Gasteiger partial charge >= 0.3 is 0 Å². The van der Waals surface area contributed by atoms with Gasteiger partial charge < -0.3 is 4.90 Å². The van der Waals surface area contributed by atoms with Crippen molar-refractivity contribution in [3.63, 3.8) is 0 Å². The number of Topliss-reactive ketones (excluding diaryl/α,β-unsaturated/α-hetero) is 1. The highest BCUT2D eigenvalue weighted by molar-refractivity contribution is 6.19. The third-order valence-electron chi connectivity index (χ3n) is 2.37. The number of carbonyl (C=O) groups is 1. The van der Waals surface area contributed by atoms with Gasteiger partial charge in [-0.25, -0.2) is 0 Å². The van der Waals surface area contributed by atoms with Gasteiger partial charge in [-0.3, -0.25) is 9.78 Å². The Kier molecular flexibility index (Phi) is 1.49. The summed E-state index contributed by atoms with van der Waals surface area (Å²) in [5.41, 5.74) is 2.89. The molecule has 0 N–H and O–H groups in total. The molecule has 66 valence electrons. The number of ketones is 1. The van der Waals surface area contributed by atoms with Crippen LogP contribution < -0.4 is 4.90 Å². The van der Waals surface area contributed by atoms with E-state index in [-0.39, 0.29) is 5.78 Å². The minimum atomic E-state index is -0.0110. The molecule has 0 bridgehead atoms. The maximum absolute atomic E-state index is 11.6. The normalized spacial score (nSPS) is 15.1. The second kappa shape index (κ2) is 2.42. The summed E-state index contributed by atoms with van der Waals surface area (Å²) in [4.78, 5) is 17.5. The molecule has 0 unspecified atom stereocenters. The number of allylic oxidation sites excluding steroid dienone is 1. The summed E-state index contributed by atoms with van der Waals surface area (Å²) in [5.74, 6) is -0.0110. The van der Waals surface area contributed by atoms with Crippen LogP contribution in [0.4, 0.5) is 5.69 Å². The van der Waals surface area contributed by atoms with E-state index in [1.165, 1.54) is 0 Å². The molecule has 3 heteroatoms. The van der Waals surface area contributed by atoms with Crippen LogP contribution in [0.15, 0.2) is 24.5 Å². The quantitative estimate of drug-likeness (QED) is 0.559. The van der Waals surface area contributed by atoms with E-state index in [1.807, 2.05) is 20.0 Å². The molecule has 0 atom stereocenters. The van der Waals surface area contributed by atoms with Crippen molar-refractivity contribution in [3.05, 3.63) is 35.8 Å². The van der Waals surface area contributed by atoms with Gasteiger partial charge in [0.05, 0.1) is 22.6 Å². The highest BCUT2D eigenvalue weighted by Crippen LogP contribution is 2.32. The van der Waals surface area contributed by atoms with Gasteiger partial charge in [-0.05, 0) is 13.0 Å². The molecule has 0 aliphatic carbocycles. The Balaban J connectivity index is 2.73. The molecule has 0 amide bonds. The van der Waals surface area contributed by atoms with Crippen LogP contribution in [0.2, 0.25) is 0 Å². The first-order chi connectivity index (χ1) is 6.13. The van der Waals surface area contributed by atoms with Crippen LogP contribution >= 0.6 is 0 Å². The second-order valence-electron chi connectivity index (χ2n) is 3.13. The van der Waals surface area contributed by atoms with E-state index in [0.29, 0.717) is 11.3 Å². The molecule has 0 saturated heterocycles. The van der Waals surface area contributed by atoms with Crippen molar-refractivity contribution < 1.29 is 4.79 Å². The van der Waals surface area contributed by atoms with Gasteiger partial charge in [-0.15, -0.1) is 0 Å². The Hall–Kier alpha value is -1.64. The molecule has 2 heterocycles. The number of hydrogen-bond donors (Lipinski definition) is 0. The molecule has 13 heavy (non-hydrogen) atoms. The average molecular weight is 174 g/mol. The Labute approximate surface area is 76.7 Å². The molecule has 1 aliphatic rings. The molecule has 0 saturated carbocycles. The lowest BCUT2D eigenvalue weighted by Crippen LogP contribution is -2.12. The van der Waals surface area contributed by atoms with Crippen LogP contribution in [0.25, 0.3) is 0 Å². The maximum atomic E-state index is 11.6. The first kappa shape index (κ1) is 7.98. The Morgan fingerprint density at radius 1 is 1.54 bits per heavy atom. The molecule has 3 nitrogen and oxygen atoms in total. The van der Waals surface area contributed by atoms with Crippen molar-refractivity contribution in [1.29, 1.82) is 0 Å². The number of aryl methyl sites for hydroxylation is 1. The summed E-state index contributed by atoms with van der Waals surface area (Å²) in [6, 6.07) is 1.83. The first-order valence-electron chi connectivity index (χ1n) is 4.06. The number of fused-ring (bicyclic) bond motifs is 1. The number of carbonyl (C=O) groups excluding carboxylic acids is 1. The zero-order valence-corrected chi connectivity index (χ0v) is 7.66. The fraction of sp³-hybridized carbons (Fsp3) is 0.200. The molecule has 1 aromatic heterocycles. The van der Waals surface area contributed by atoms with Gasteiger partial charge in [0.2, 0.25) is 5.78 Å². The lowest BCUT2D eigenvalue weighted by atomic mass is 10.1. The summed E-state index contributed by atoms with van der Waals surface area (Å²) < 4.78 is 0. The van der Waals surface area contributed by atoms with Gasteiger partial charge in [-0.2, -0.15) is 0 Å². The average Bonchev–Trinajstić information content (AvgIpc) is 2.33. The second-order valence-corrected chi connectivity index (χ2v) is 3.13. The minimum absolute atomic E-state index is 0.0110. The van der Waals surface area contributed by atoms with Gasteiger partial charge in [-0.1, -0.05) is 6.58 Å². The predicted octanol–water partition coefficient (Wildman–Crippen LogP) is 1.54. The topological polar surface area (TPSA) is 33.2 Å². The number of rotatable bonds is 0. The van der Waals surface area contributed by atoms with Gasteiger partial charge in [0.15, 0.2) is 0 Å². The van der Waals surface area contributed by atoms with Crippen LogP contribution in [0.3, 0.4) is 0 Å². The smallest absolute Gasteiger partial charge is 0.212 e. The molecule has 0 spiro atoms. The summed E-state index contributed by atoms with van der Waals surface area (Å²) >= 11 is 0. The number of pyridine rings is 1. The monoisotopic (exact) mass is 174 g/mol. The highest BCUT2D eigenvalue weighted by atomic mass is 16.1. The molecule has 2 rings (SSSR count). The highest BCUT2D eigenvalue weighted by Gasteiger charge is 2.29. The molecular formula is C10H10N2O. The number of hydrogen-bond acceptors (Lipinski definition) is 3. The summed E-state index contributed by atoms with van der Waals surface area (Å²) in [7, 11) is 1.84. The Morgan fingerprint density at radius 2 is 2.23 bits per heavy atom. The molecular weight excluding hydrogens is 164 g/mol. The van der Waals surface area contributed by atoms with Crippen molar-refractivity contribution in [2.75, 3.05) is 11.9 Å². The van der Waals surface area contributed by atoms with Crippen LogP contribution in [0.1, 0.15) is 16.1 Å². The third-order valence-corrected chi connectivity index (χ3v) is 2.37. The molecule has 1 aromatic rings. The number of nitrogens with zero attached hydrogens (tertiary/aromatic N) is 2. The van der Waals surface area contributed by atoms with Gasteiger partial charge in [0.1, 0.15) is 0 Å². The fourth-order valence-corrected chi connectivity index (χ4v) is 1.56. The van der Waals surface area contributed by atoms with Crippen LogP contribution in [-0.4, -0.2) is 17.8 Å². The summed E-state index contributed by atoms with van der Waals surface area (Å²) in [6.07, 6.45) is 1.70. The van der Waals surface area contributed by atoms with Gasteiger partial charge in [0.25, 0.3) is 0 Å². The maximum Gasteiger partial charge on any atom is 0.212 e. The molecule has 0 radical (unpaired) electrons. The van der Waals surface area contributed by atoms with E-state index < -0.39 is 0 Å². The summed E-state index contributed by atoms with van der Waals surface area (Å²) in [6.45, 7) is 5.56. The molecule has 0 fully saturated rings. The number of aromatic nitrogens is 1.